The second kappa shape index (κ2) is 3.14. The minimum Gasteiger partial charge on any atom is -0.491 e. The number of aryl methyl sites for hydroxylation is 1. The maximum absolute atomic E-state index is 11.3. The van der Waals surface area contributed by atoms with Crippen LogP contribution in [0, 0.1) is 6.92 Å². The Morgan fingerprint density at radius 3 is 2.93 bits per heavy atom. The molecule has 0 aromatic carbocycles. The predicted molar refractivity (Wildman–Crippen MR) is 53.7 cm³/mol. The molecule has 2 aromatic heterocycles. The summed E-state index contributed by atoms with van der Waals surface area (Å²) in [5, 5.41) is 0.876. The first kappa shape index (κ1) is 8.74. The van der Waals surface area contributed by atoms with Gasteiger partial charge in [0.15, 0.2) is 5.75 Å². The van der Waals surface area contributed by atoms with Gasteiger partial charge in [0.2, 0.25) is 0 Å². The van der Waals surface area contributed by atoms with E-state index >= 15 is 0 Å². The first-order valence-electron chi connectivity index (χ1n) is 4.24. The summed E-state index contributed by atoms with van der Waals surface area (Å²) in [5.74, 6) is 0.310. The van der Waals surface area contributed by atoms with Gasteiger partial charge in [-0.05, 0) is 24.6 Å². The number of aromatic amines is 1. The molecule has 0 aliphatic rings. The number of nitrogens with one attached hydrogen (secondary N) is 1. The van der Waals surface area contributed by atoms with Gasteiger partial charge in [-0.2, -0.15) is 0 Å². The van der Waals surface area contributed by atoms with Crippen molar-refractivity contribution in [3.05, 3.63) is 34.2 Å². The molecule has 2 rings (SSSR count). The van der Waals surface area contributed by atoms with Gasteiger partial charge in [0.05, 0.1) is 7.11 Å². The van der Waals surface area contributed by atoms with Crippen LogP contribution in [0.5, 0.6) is 5.75 Å². The zero-order valence-electron chi connectivity index (χ0n) is 8.00. The zero-order chi connectivity index (χ0) is 10.1. The van der Waals surface area contributed by atoms with E-state index in [1.165, 1.54) is 7.11 Å². The Bertz CT molecular complexity index is 531. The zero-order valence-corrected chi connectivity index (χ0v) is 8.00. The van der Waals surface area contributed by atoms with Gasteiger partial charge in [-0.15, -0.1) is 0 Å². The smallest absolute Gasteiger partial charge is 0.291 e. The van der Waals surface area contributed by atoms with Crippen molar-refractivity contribution in [1.82, 2.24) is 9.97 Å². The molecular weight excluding hydrogens is 180 g/mol. The summed E-state index contributed by atoms with van der Waals surface area (Å²) in [5.41, 5.74) is 1.38. The van der Waals surface area contributed by atoms with E-state index < -0.39 is 0 Å². The third-order valence-electron chi connectivity index (χ3n) is 2.02. The van der Waals surface area contributed by atoms with Crippen LogP contribution in [0.1, 0.15) is 5.56 Å². The number of methoxy groups -OCH3 is 1. The average Bonchev–Trinajstić information content (AvgIpc) is 2.17. The minimum absolute atomic E-state index is 0.253. The fourth-order valence-corrected chi connectivity index (χ4v) is 1.33. The lowest BCUT2D eigenvalue weighted by Crippen LogP contribution is -2.09. The monoisotopic (exact) mass is 190 g/mol. The summed E-state index contributed by atoms with van der Waals surface area (Å²) in [7, 11) is 1.47. The lowest BCUT2D eigenvalue weighted by atomic mass is 10.2. The summed E-state index contributed by atoms with van der Waals surface area (Å²) in [4.78, 5) is 18.1. The minimum atomic E-state index is -0.253. The van der Waals surface area contributed by atoms with Gasteiger partial charge >= 0.3 is 0 Å². The van der Waals surface area contributed by atoms with Crippen molar-refractivity contribution >= 4 is 11.0 Å². The molecule has 0 radical (unpaired) electrons. The van der Waals surface area contributed by atoms with Crippen LogP contribution < -0.4 is 10.3 Å². The van der Waals surface area contributed by atoms with Crippen molar-refractivity contribution in [2.24, 2.45) is 0 Å². The lowest BCUT2D eigenvalue weighted by Gasteiger charge is -2.01. The molecule has 1 N–H and O–H groups in total. The number of nitrogens with zero attached hydrogens (tertiary/aromatic N) is 1. The van der Waals surface area contributed by atoms with Crippen LogP contribution in [0.15, 0.2) is 23.1 Å². The standard InChI is InChI=1S/C10H10N2O2/c1-6-3-7-4-8(14-2)10(13)12-9(7)11-5-6/h3-5H,1-2H3,(H,11,12,13). The predicted octanol–water partition coefficient (Wildman–Crippen LogP) is 1.24. The van der Waals surface area contributed by atoms with E-state index in [-0.39, 0.29) is 5.56 Å². The molecule has 72 valence electrons. The maximum atomic E-state index is 11.3. The van der Waals surface area contributed by atoms with E-state index in [4.69, 9.17) is 4.74 Å². The number of hydrogen-bond acceptors (Lipinski definition) is 3. The van der Waals surface area contributed by atoms with E-state index in [2.05, 4.69) is 9.97 Å². The highest BCUT2D eigenvalue weighted by atomic mass is 16.5. The van der Waals surface area contributed by atoms with Crippen LogP contribution >= 0.6 is 0 Å². The van der Waals surface area contributed by atoms with E-state index in [9.17, 15) is 4.79 Å². The maximum Gasteiger partial charge on any atom is 0.291 e. The third kappa shape index (κ3) is 1.35. The Kier molecular flexibility index (Phi) is 1.96. The van der Waals surface area contributed by atoms with E-state index in [0.29, 0.717) is 11.4 Å². The van der Waals surface area contributed by atoms with Crippen molar-refractivity contribution in [2.45, 2.75) is 6.92 Å². The summed E-state index contributed by atoms with van der Waals surface area (Å²) >= 11 is 0. The number of H-pyrrole nitrogens is 1. The average molecular weight is 190 g/mol. The Morgan fingerprint density at radius 2 is 2.21 bits per heavy atom. The molecule has 0 aliphatic heterocycles. The van der Waals surface area contributed by atoms with E-state index in [1.807, 2.05) is 13.0 Å². The molecule has 0 unspecified atom stereocenters. The largest absolute Gasteiger partial charge is 0.491 e. The summed E-state index contributed by atoms with van der Waals surface area (Å²) in [6.07, 6.45) is 1.71. The molecule has 0 bridgehead atoms. The van der Waals surface area contributed by atoms with Crippen LogP contribution in [-0.4, -0.2) is 17.1 Å². The quantitative estimate of drug-likeness (QED) is 0.736. The van der Waals surface area contributed by atoms with Crippen LogP contribution in [0.2, 0.25) is 0 Å². The second-order valence-electron chi connectivity index (χ2n) is 3.12. The molecule has 0 fully saturated rings. The van der Waals surface area contributed by atoms with E-state index in [1.54, 1.807) is 12.3 Å². The Balaban J connectivity index is 2.80. The molecule has 0 aliphatic carbocycles. The fraction of sp³-hybridized carbons (Fsp3) is 0.200. The molecule has 0 atom stereocenters. The van der Waals surface area contributed by atoms with Crippen LogP contribution in [-0.2, 0) is 0 Å². The van der Waals surface area contributed by atoms with Gasteiger partial charge in [0.25, 0.3) is 5.56 Å². The number of ether oxygens (including phenoxy) is 1. The topological polar surface area (TPSA) is 55.0 Å². The highest BCUT2D eigenvalue weighted by Crippen LogP contribution is 2.13. The van der Waals surface area contributed by atoms with Gasteiger partial charge in [-0.1, -0.05) is 0 Å². The van der Waals surface area contributed by atoms with Crippen molar-refractivity contribution in [1.29, 1.82) is 0 Å². The first-order valence-corrected chi connectivity index (χ1v) is 4.24. The number of hydrogen-bond donors (Lipinski definition) is 1. The first-order chi connectivity index (χ1) is 6.70. The number of rotatable bonds is 1. The summed E-state index contributed by atoms with van der Waals surface area (Å²) in [6, 6.07) is 3.63. The van der Waals surface area contributed by atoms with Crippen molar-refractivity contribution < 1.29 is 4.74 Å². The summed E-state index contributed by atoms with van der Waals surface area (Å²) in [6.45, 7) is 1.95. The van der Waals surface area contributed by atoms with Gasteiger partial charge in [-0.25, -0.2) is 4.98 Å². The Hall–Kier alpha value is -1.84. The second-order valence-corrected chi connectivity index (χ2v) is 3.12. The van der Waals surface area contributed by atoms with Crippen LogP contribution in [0.25, 0.3) is 11.0 Å². The molecule has 4 nitrogen and oxygen atoms in total. The van der Waals surface area contributed by atoms with Gasteiger partial charge in [-0.3, -0.25) is 4.79 Å². The fourth-order valence-electron chi connectivity index (χ4n) is 1.33. The molecule has 2 heterocycles. The van der Waals surface area contributed by atoms with E-state index in [0.717, 1.165) is 10.9 Å². The number of fused-ring (bicyclic) bond motifs is 1. The van der Waals surface area contributed by atoms with Crippen molar-refractivity contribution in [3.8, 4) is 5.75 Å². The SMILES string of the molecule is COc1cc2cc(C)cnc2[nH]c1=O. The number of pyridine rings is 2. The molecule has 0 saturated heterocycles. The normalized spacial score (nSPS) is 10.4. The highest BCUT2D eigenvalue weighted by Gasteiger charge is 2.02. The Labute approximate surface area is 80.6 Å². The molecule has 2 aromatic rings. The van der Waals surface area contributed by atoms with Crippen LogP contribution in [0.3, 0.4) is 0 Å². The molecule has 14 heavy (non-hydrogen) atoms. The lowest BCUT2D eigenvalue weighted by molar-refractivity contribution is 0.409. The summed E-state index contributed by atoms with van der Waals surface area (Å²) < 4.78 is 4.92. The van der Waals surface area contributed by atoms with Gasteiger partial charge < -0.3 is 9.72 Å². The van der Waals surface area contributed by atoms with Crippen LogP contribution in [0.4, 0.5) is 0 Å². The van der Waals surface area contributed by atoms with Gasteiger partial charge in [0, 0.05) is 11.6 Å². The van der Waals surface area contributed by atoms with Crippen molar-refractivity contribution in [3.63, 3.8) is 0 Å². The third-order valence-corrected chi connectivity index (χ3v) is 2.02. The van der Waals surface area contributed by atoms with Gasteiger partial charge in [0.1, 0.15) is 5.65 Å². The molecule has 4 heteroatoms. The van der Waals surface area contributed by atoms with Crippen molar-refractivity contribution in [2.75, 3.05) is 7.11 Å². The molecule has 0 saturated carbocycles. The molecule has 0 amide bonds. The molecule has 0 spiro atoms. The highest BCUT2D eigenvalue weighted by molar-refractivity contribution is 5.76. The number of aromatic nitrogens is 2. The Morgan fingerprint density at radius 1 is 1.43 bits per heavy atom. The molecular formula is C10H10N2O2.